The number of carbonyl (C=O) groups is 1. The summed E-state index contributed by atoms with van der Waals surface area (Å²) in [6, 6.07) is 11.6. The lowest BCUT2D eigenvalue weighted by atomic mass is 10.1. The Labute approximate surface area is 155 Å². The van der Waals surface area contributed by atoms with Crippen molar-refractivity contribution in [2.24, 2.45) is 0 Å². The van der Waals surface area contributed by atoms with Crippen molar-refractivity contribution < 1.29 is 14.5 Å². The van der Waals surface area contributed by atoms with Crippen LogP contribution in [0.5, 0.6) is 5.75 Å². The van der Waals surface area contributed by atoms with Crippen LogP contribution in [0.25, 0.3) is 0 Å². The molecule has 26 heavy (non-hydrogen) atoms. The molecule has 1 amide bonds. The summed E-state index contributed by atoms with van der Waals surface area (Å²) in [5.41, 5.74) is 1.08. The van der Waals surface area contributed by atoms with E-state index in [1.165, 1.54) is 13.2 Å². The van der Waals surface area contributed by atoms with E-state index in [0.717, 1.165) is 0 Å². The lowest BCUT2D eigenvalue weighted by Gasteiger charge is -2.35. The van der Waals surface area contributed by atoms with E-state index in [-0.39, 0.29) is 11.6 Å². The van der Waals surface area contributed by atoms with E-state index < -0.39 is 4.92 Å². The number of amides is 1. The maximum absolute atomic E-state index is 12.6. The van der Waals surface area contributed by atoms with Gasteiger partial charge in [0, 0.05) is 36.8 Å². The predicted octanol–water partition coefficient (Wildman–Crippen LogP) is 3.22. The molecular formula is C18H18ClN3O4. The normalized spacial score (nSPS) is 14.2. The third-order valence-corrected chi connectivity index (χ3v) is 4.59. The maximum atomic E-state index is 12.6. The van der Waals surface area contributed by atoms with Crippen LogP contribution < -0.4 is 9.64 Å². The Kier molecular flexibility index (Phi) is 5.27. The van der Waals surface area contributed by atoms with Crippen molar-refractivity contribution in [2.45, 2.75) is 0 Å². The van der Waals surface area contributed by atoms with Crippen molar-refractivity contribution in [3.63, 3.8) is 0 Å². The smallest absolute Gasteiger partial charge is 0.296 e. The molecule has 1 fully saturated rings. The molecule has 0 bridgehead atoms. The molecule has 0 unspecified atom stereocenters. The van der Waals surface area contributed by atoms with Gasteiger partial charge < -0.3 is 14.5 Å². The van der Waals surface area contributed by atoms with Crippen LogP contribution in [-0.2, 0) is 0 Å². The summed E-state index contributed by atoms with van der Waals surface area (Å²) in [6.45, 7) is 1.99. The minimum Gasteiger partial charge on any atom is -0.496 e. The van der Waals surface area contributed by atoms with Gasteiger partial charge >= 0.3 is 0 Å². The lowest BCUT2D eigenvalue weighted by molar-refractivity contribution is -0.384. The second-order valence-electron chi connectivity index (χ2n) is 5.90. The fourth-order valence-electron chi connectivity index (χ4n) is 3.00. The van der Waals surface area contributed by atoms with Crippen molar-refractivity contribution in [1.82, 2.24) is 4.90 Å². The highest BCUT2D eigenvalue weighted by atomic mass is 35.5. The third-order valence-electron chi connectivity index (χ3n) is 4.36. The number of piperazine rings is 1. The molecule has 0 spiro atoms. The third kappa shape index (κ3) is 3.72. The fourth-order valence-corrected chi connectivity index (χ4v) is 3.19. The van der Waals surface area contributed by atoms with Crippen molar-refractivity contribution in [2.75, 3.05) is 38.2 Å². The molecule has 1 saturated heterocycles. The van der Waals surface area contributed by atoms with Gasteiger partial charge in [-0.25, -0.2) is 0 Å². The first-order chi connectivity index (χ1) is 12.5. The lowest BCUT2D eigenvalue weighted by Crippen LogP contribution is -2.49. The summed E-state index contributed by atoms with van der Waals surface area (Å²) in [7, 11) is 1.47. The number of nitro groups is 1. The van der Waals surface area contributed by atoms with Gasteiger partial charge in [-0.3, -0.25) is 14.9 Å². The van der Waals surface area contributed by atoms with Crippen LogP contribution in [0.4, 0.5) is 11.4 Å². The highest BCUT2D eigenvalue weighted by Gasteiger charge is 2.26. The number of benzene rings is 2. The molecule has 0 radical (unpaired) electrons. The Morgan fingerprint density at radius 1 is 1.15 bits per heavy atom. The SMILES string of the molecule is COc1ccc(N2CCN(C(=O)c3cccc(Cl)c3)CC2)c([N+](=O)[O-])c1. The zero-order valence-corrected chi connectivity index (χ0v) is 15.0. The van der Waals surface area contributed by atoms with E-state index in [1.54, 1.807) is 41.3 Å². The summed E-state index contributed by atoms with van der Waals surface area (Å²) in [6.07, 6.45) is 0. The largest absolute Gasteiger partial charge is 0.496 e. The zero-order valence-electron chi connectivity index (χ0n) is 14.2. The molecule has 0 N–H and O–H groups in total. The Morgan fingerprint density at radius 3 is 2.50 bits per heavy atom. The maximum Gasteiger partial charge on any atom is 0.296 e. The van der Waals surface area contributed by atoms with Crippen LogP contribution in [0, 0.1) is 10.1 Å². The van der Waals surface area contributed by atoms with Crippen LogP contribution in [0.3, 0.4) is 0 Å². The first kappa shape index (κ1) is 18.0. The second-order valence-corrected chi connectivity index (χ2v) is 6.34. The Hall–Kier alpha value is -2.80. The number of nitrogens with zero attached hydrogens (tertiary/aromatic N) is 3. The molecule has 7 nitrogen and oxygen atoms in total. The van der Waals surface area contributed by atoms with Gasteiger partial charge in [0.2, 0.25) is 0 Å². The van der Waals surface area contributed by atoms with Crippen LogP contribution >= 0.6 is 11.6 Å². The monoisotopic (exact) mass is 375 g/mol. The minimum absolute atomic E-state index is 0.000956. The van der Waals surface area contributed by atoms with E-state index in [0.29, 0.717) is 48.2 Å². The van der Waals surface area contributed by atoms with Gasteiger partial charge in [0.05, 0.1) is 18.1 Å². The van der Waals surface area contributed by atoms with Crippen LogP contribution in [0.2, 0.25) is 5.02 Å². The molecular weight excluding hydrogens is 358 g/mol. The van der Waals surface area contributed by atoms with Gasteiger partial charge in [-0.05, 0) is 30.3 Å². The van der Waals surface area contributed by atoms with E-state index >= 15 is 0 Å². The quantitative estimate of drug-likeness (QED) is 0.605. The molecule has 1 aliphatic heterocycles. The zero-order chi connectivity index (χ0) is 18.7. The van der Waals surface area contributed by atoms with Crippen molar-refractivity contribution in [3.8, 4) is 5.75 Å². The Balaban J connectivity index is 1.73. The number of ether oxygens (including phenoxy) is 1. The summed E-state index contributed by atoms with van der Waals surface area (Å²) >= 11 is 5.95. The molecule has 0 aliphatic carbocycles. The molecule has 8 heteroatoms. The van der Waals surface area contributed by atoms with E-state index in [9.17, 15) is 14.9 Å². The number of carbonyl (C=O) groups excluding carboxylic acids is 1. The minimum atomic E-state index is -0.415. The molecule has 0 atom stereocenters. The van der Waals surface area contributed by atoms with Crippen molar-refractivity contribution in [1.29, 1.82) is 0 Å². The van der Waals surface area contributed by atoms with Crippen LogP contribution in [0.1, 0.15) is 10.4 Å². The summed E-state index contributed by atoms with van der Waals surface area (Å²) in [5.74, 6) is 0.353. The van der Waals surface area contributed by atoms with Gasteiger partial charge in [0.1, 0.15) is 11.4 Å². The van der Waals surface area contributed by atoms with Crippen molar-refractivity contribution >= 4 is 28.9 Å². The second kappa shape index (κ2) is 7.61. The van der Waals surface area contributed by atoms with Crippen molar-refractivity contribution in [3.05, 3.63) is 63.2 Å². The van der Waals surface area contributed by atoms with Crippen LogP contribution in [-0.4, -0.2) is 49.0 Å². The van der Waals surface area contributed by atoms with Gasteiger partial charge in [0.15, 0.2) is 0 Å². The molecule has 0 saturated carbocycles. The molecule has 2 aromatic rings. The van der Waals surface area contributed by atoms with Gasteiger partial charge in [0.25, 0.3) is 11.6 Å². The van der Waals surface area contributed by atoms with Crippen LogP contribution in [0.15, 0.2) is 42.5 Å². The highest BCUT2D eigenvalue weighted by molar-refractivity contribution is 6.30. The predicted molar refractivity (Wildman–Crippen MR) is 99.2 cm³/mol. The Morgan fingerprint density at radius 2 is 1.88 bits per heavy atom. The molecule has 1 heterocycles. The number of halogens is 1. The Bertz CT molecular complexity index is 835. The molecule has 136 valence electrons. The topological polar surface area (TPSA) is 75.9 Å². The van der Waals surface area contributed by atoms with Gasteiger partial charge in [-0.15, -0.1) is 0 Å². The molecule has 3 rings (SSSR count). The van der Waals surface area contributed by atoms with Gasteiger partial charge in [-0.1, -0.05) is 17.7 Å². The van der Waals surface area contributed by atoms with E-state index in [2.05, 4.69) is 0 Å². The summed E-state index contributed by atoms with van der Waals surface area (Å²) in [5, 5.41) is 11.9. The fraction of sp³-hybridized carbons (Fsp3) is 0.278. The number of nitro benzene ring substituents is 1. The number of hydrogen-bond donors (Lipinski definition) is 0. The number of hydrogen-bond acceptors (Lipinski definition) is 5. The molecule has 0 aromatic heterocycles. The summed E-state index contributed by atoms with van der Waals surface area (Å²) < 4.78 is 5.07. The number of methoxy groups -OCH3 is 1. The average molecular weight is 376 g/mol. The highest BCUT2D eigenvalue weighted by Crippen LogP contribution is 2.32. The number of rotatable bonds is 4. The van der Waals surface area contributed by atoms with E-state index in [4.69, 9.17) is 16.3 Å². The average Bonchev–Trinajstić information content (AvgIpc) is 2.67. The van der Waals surface area contributed by atoms with Gasteiger partial charge in [-0.2, -0.15) is 0 Å². The number of anilines is 1. The standard InChI is InChI=1S/C18H18ClN3O4/c1-26-15-5-6-16(17(12-15)22(24)25)20-7-9-21(10-8-20)18(23)13-3-2-4-14(19)11-13/h2-6,11-12H,7-10H2,1H3. The van der Waals surface area contributed by atoms with E-state index in [1.807, 2.05) is 4.90 Å². The molecule has 2 aromatic carbocycles. The first-order valence-electron chi connectivity index (χ1n) is 8.12. The first-order valence-corrected chi connectivity index (χ1v) is 8.49. The summed E-state index contributed by atoms with van der Waals surface area (Å²) in [4.78, 5) is 27.2. The molecule has 1 aliphatic rings.